The second-order valence-electron chi connectivity index (χ2n) is 10.3. The Kier molecular flexibility index (Phi) is 12.7. The van der Waals surface area contributed by atoms with Gasteiger partial charge in [-0.3, -0.25) is 14.4 Å². The minimum absolute atomic E-state index is 0.0381. The van der Waals surface area contributed by atoms with Crippen LogP contribution in [0, 0.1) is 5.92 Å². The molecule has 10 nitrogen and oxygen atoms in total. The van der Waals surface area contributed by atoms with Crippen molar-refractivity contribution in [2.45, 2.75) is 64.6 Å². The van der Waals surface area contributed by atoms with Crippen molar-refractivity contribution < 1.29 is 19.5 Å². The summed E-state index contributed by atoms with van der Waals surface area (Å²) < 4.78 is 0. The molecule has 2 rings (SSSR count). The largest absolute Gasteiger partial charge is 0.399 e. The molecule has 0 radical (unpaired) electrons. The number of rotatable bonds is 16. The number of amides is 3. The van der Waals surface area contributed by atoms with Crippen molar-refractivity contribution in [2.24, 2.45) is 17.4 Å². The van der Waals surface area contributed by atoms with Gasteiger partial charge in [0.2, 0.25) is 17.7 Å². The Morgan fingerprint density at radius 1 is 0.923 bits per heavy atom. The van der Waals surface area contributed by atoms with Crippen LogP contribution in [0.1, 0.15) is 44.7 Å². The van der Waals surface area contributed by atoms with Gasteiger partial charge >= 0.3 is 0 Å². The monoisotopic (exact) mass is 540 g/mol. The zero-order valence-electron chi connectivity index (χ0n) is 23.2. The van der Waals surface area contributed by atoms with Gasteiger partial charge in [-0.15, -0.1) is 0 Å². The first-order valence-corrected chi connectivity index (χ1v) is 13.5. The number of hydrogen-bond acceptors (Lipinski definition) is 7. The van der Waals surface area contributed by atoms with Gasteiger partial charge in [-0.05, 0) is 60.6 Å². The van der Waals surface area contributed by atoms with E-state index in [0.29, 0.717) is 18.7 Å². The summed E-state index contributed by atoms with van der Waals surface area (Å²) >= 11 is 0. The van der Waals surface area contributed by atoms with Gasteiger partial charge in [-0.1, -0.05) is 45.0 Å². The highest BCUT2D eigenvalue weighted by Gasteiger charge is 2.28. The Balaban J connectivity index is 2.19. The number of nitrogens with zero attached hydrogens (tertiary/aromatic N) is 1. The molecule has 0 aliphatic carbocycles. The van der Waals surface area contributed by atoms with E-state index < -0.39 is 35.8 Å². The van der Waals surface area contributed by atoms with Crippen LogP contribution in [0.5, 0.6) is 0 Å². The number of benzene rings is 2. The van der Waals surface area contributed by atoms with E-state index in [4.69, 9.17) is 17.2 Å². The molecule has 0 saturated carbocycles. The number of carbonyl (C=O) groups is 3. The Bertz CT molecular complexity index is 1090. The first-order chi connectivity index (χ1) is 18.5. The Hall–Kier alpha value is -3.63. The minimum atomic E-state index is -0.990. The van der Waals surface area contributed by atoms with Gasteiger partial charge in [0, 0.05) is 30.9 Å². The molecule has 2 aromatic rings. The van der Waals surface area contributed by atoms with Crippen LogP contribution < -0.4 is 32.7 Å². The predicted molar refractivity (Wildman–Crippen MR) is 155 cm³/mol. The number of hydrogen-bond donors (Lipinski definition) is 6. The molecule has 0 heterocycles. The summed E-state index contributed by atoms with van der Waals surface area (Å²) in [5, 5.41) is 14.9. The molecule has 214 valence electrons. The first-order valence-electron chi connectivity index (χ1n) is 13.5. The molecule has 0 spiro atoms. The number of primary amides is 1. The maximum absolute atomic E-state index is 13.3. The zero-order chi connectivity index (χ0) is 28.9. The number of nitrogen functional groups attached to an aromatic ring is 1. The van der Waals surface area contributed by atoms with E-state index in [0.717, 1.165) is 29.8 Å². The third-order valence-electron chi connectivity index (χ3n) is 6.32. The zero-order valence-corrected chi connectivity index (χ0v) is 23.2. The summed E-state index contributed by atoms with van der Waals surface area (Å²) in [4.78, 5) is 40.5. The van der Waals surface area contributed by atoms with Crippen molar-refractivity contribution in [3.8, 4) is 0 Å². The Morgan fingerprint density at radius 3 is 2.15 bits per heavy atom. The SMILES string of the molecule is CCCN(CCO)c1cccc(CC(N)C(=O)NC(Cc2cccc(N)c2)C(=O)NC(CC(C)C)C(N)=O)c1. The molecule has 3 unspecified atom stereocenters. The lowest BCUT2D eigenvalue weighted by Crippen LogP contribution is -2.56. The molecule has 0 aromatic heterocycles. The molecule has 0 saturated heterocycles. The summed E-state index contributed by atoms with van der Waals surface area (Å²) in [5.74, 6) is -1.53. The molecule has 0 aliphatic rings. The fraction of sp³-hybridized carbons (Fsp3) is 0.483. The van der Waals surface area contributed by atoms with Gasteiger partial charge in [0.1, 0.15) is 12.1 Å². The molecule has 0 aliphatic heterocycles. The van der Waals surface area contributed by atoms with Gasteiger partial charge in [-0.25, -0.2) is 0 Å². The number of carbonyl (C=O) groups excluding carboxylic acids is 3. The molecule has 3 atom stereocenters. The second kappa shape index (κ2) is 15.7. The average molecular weight is 541 g/mol. The normalized spacial score (nSPS) is 13.4. The molecule has 0 bridgehead atoms. The van der Waals surface area contributed by atoms with E-state index in [1.165, 1.54) is 0 Å². The van der Waals surface area contributed by atoms with E-state index in [1.807, 2.05) is 44.2 Å². The quantitative estimate of drug-likeness (QED) is 0.173. The Labute approximate surface area is 231 Å². The highest BCUT2D eigenvalue weighted by atomic mass is 16.3. The summed E-state index contributed by atoms with van der Waals surface area (Å²) in [5.41, 5.74) is 20.8. The summed E-state index contributed by atoms with van der Waals surface area (Å²) in [6, 6.07) is 12.0. The number of anilines is 2. The van der Waals surface area contributed by atoms with Crippen LogP contribution in [-0.4, -0.2) is 60.6 Å². The topological polar surface area (TPSA) is 177 Å². The molecule has 2 aromatic carbocycles. The fourth-order valence-corrected chi connectivity index (χ4v) is 4.42. The van der Waals surface area contributed by atoms with E-state index in [9.17, 15) is 19.5 Å². The van der Waals surface area contributed by atoms with Crippen molar-refractivity contribution in [1.82, 2.24) is 10.6 Å². The third-order valence-corrected chi connectivity index (χ3v) is 6.32. The second-order valence-corrected chi connectivity index (χ2v) is 10.3. The lowest BCUT2D eigenvalue weighted by Gasteiger charge is -2.25. The highest BCUT2D eigenvalue weighted by Crippen LogP contribution is 2.18. The van der Waals surface area contributed by atoms with Crippen LogP contribution in [0.15, 0.2) is 48.5 Å². The number of aliphatic hydroxyl groups excluding tert-OH is 1. The van der Waals surface area contributed by atoms with Crippen LogP contribution in [0.2, 0.25) is 0 Å². The van der Waals surface area contributed by atoms with Crippen LogP contribution in [0.4, 0.5) is 11.4 Å². The van der Waals surface area contributed by atoms with Gasteiger partial charge in [0.05, 0.1) is 12.6 Å². The van der Waals surface area contributed by atoms with Crippen LogP contribution in [0.25, 0.3) is 0 Å². The maximum atomic E-state index is 13.3. The number of nitrogens with two attached hydrogens (primary N) is 3. The van der Waals surface area contributed by atoms with Crippen molar-refractivity contribution in [2.75, 3.05) is 30.3 Å². The molecule has 3 amide bonds. The van der Waals surface area contributed by atoms with Gasteiger partial charge in [-0.2, -0.15) is 0 Å². The summed E-state index contributed by atoms with van der Waals surface area (Å²) in [7, 11) is 0. The lowest BCUT2D eigenvalue weighted by molar-refractivity contribution is -0.131. The highest BCUT2D eigenvalue weighted by molar-refractivity contribution is 5.93. The van der Waals surface area contributed by atoms with Gasteiger partial charge in [0.15, 0.2) is 0 Å². The Morgan fingerprint density at radius 2 is 1.56 bits per heavy atom. The molecule has 9 N–H and O–H groups in total. The van der Waals surface area contributed by atoms with Gasteiger partial charge < -0.3 is 37.8 Å². The molecular weight excluding hydrogens is 496 g/mol. The van der Waals surface area contributed by atoms with E-state index in [-0.39, 0.29) is 25.4 Å². The van der Waals surface area contributed by atoms with Gasteiger partial charge in [0.25, 0.3) is 0 Å². The molecular formula is C29H44N6O4. The standard InChI is InChI=1S/C29H44N6O4/c1-4-11-35(12-13-36)23-10-6-8-21(16-23)17-24(31)28(38)34-26(18-20-7-5-9-22(30)15-20)29(39)33-25(27(32)37)14-19(2)3/h5-10,15-16,19,24-26,36H,4,11-14,17-18,30-31H2,1-3H3,(H2,32,37)(H,33,39)(H,34,38). The van der Waals surface area contributed by atoms with Crippen molar-refractivity contribution >= 4 is 29.1 Å². The maximum Gasteiger partial charge on any atom is 0.243 e. The average Bonchev–Trinajstić information content (AvgIpc) is 2.87. The summed E-state index contributed by atoms with van der Waals surface area (Å²) in [6.45, 7) is 7.25. The van der Waals surface area contributed by atoms with Crippen molar-refractivity contribution in [1.29, 1.82) is 0 Å². The van der Waals surface area contributed by atoms with Crippen LogP contribution in [0.3, 0.4) is 0 Å². The molecule has 39 heavy (non-hydrogen) atoms. The minimum Gasteiger partial charge on any atom is -0.399 e. The number of aliphatic hydroxyl groups is 1. The van der Waals surface area contributed by atoms with E-state index >= 15 is 0 Å². The van der Waals surface area contributed by atoms with E-state index in [2.05, 4.69) is 22.5 Å². The lowest BCUT2D eigenvalue weighted by atomic mass is 10.00. The first kappa shape index (κ1) is 31.6. The molecule has 10 heteroatoms. The van der Waals surface area contributed by atoms with Crippen molar-refractivity contribution in [3.63, 3.8) is 0 Å². The van der Waals surface area contributed by atoms with Crippen LogP contribution >= 0.6 is 0 Å². The van der Waals surface area contributed by atoms with Crippen LogP contribution in [-0.2, 0) is 27.2 Å². The van der Waals surface area contributed by atoms with E-state index in [1.54, 1.807) is 18.2 Å². The fourth-order valence-electron chi connectivity index (χ4n) is 4.42. The number of nitrogens with one attached hydrogen (secondary N) is 2. The predicted octanol–water partition coefficient (Wildman–Crippen LogP) is 1.09. The third kappa shape index (κ3) is 10.6. The van der Waals surface area contributed by atoms with Crippen molar-refractivity contribution in [3.05, 3.63) is 59.7 Å². The smallest absolute Gasteiger partial charge is 0.243 e. The summed E-state index contributed by atoms with van der Waals surface area (Å²) in [6.07, 6.45) is 1.71. The molecule has 0 fully saturated rings.